The van der Waals surface area contributed by atoms with Gasteiger partial charge in [0.05, 0.1) is 6.54 Å². The standard InChI is InChI=1S/C16H14FNO2S/c1-9-6-7-11(21-9)8-18-16(19)14-10(2)12-4-3-5-13(17)15(12)20-14/h3-7H,8H2,1-2H3,(H,18,19). The van der Waals surface area contributed by atoms with Crippen LogP contribution in [0.1, 0.15) is 25.9 Å². The van der Waals surface area contributed by atoms with E-state index in [4.69, 9.17) is 4.42 Å². The van der Waals surface area contributed by atoms with Gasteiger partial charge in [0.25, 0.3) is 5.91 Å². The average Bonchev–Trinajstić information content (AvgIpc) is 3.02. The smallest absolute Gasteiger partial charge is 0.287 e. The maximum atomic E-state index is 13.7. The third-order valence-corrected chi connectivity index (χ3v) is 4.34. The number of rotatable bonds is 3. The minimum Gasteiger partial charge on any atom is -0.448 e. The number of carbonyl (C=O) groups excluding carboxylic acids is 1. The highest BCUT2D eigenvalue weighted by atomic mass is 32.1. The lowest BCUT2D eigenvalue weighted by Crippen LogP contribution is -2.22. The van der Waals surface area contributed by atoms with Crippen LogP contribution in [-0.2, 0) is 6.54 Å². The fraction of sp³-hybridized carbons (Fsp3) is 0.188. The van der Waals surface area contributed by atoms with Crippen molar-refractivity contribution < 1.29 is 13.6 Å². The summed E-state index contributed by atoms with van der Waals surface area (Å²) in [7, 11) is 0. The highest BCUT2D eigenvalue weighted by Gasteiger charge is 2.19. The van der Waals surface area contributed by atoms with Crippen molar-refractivity contribution in [2.24, 2.45) is 0 Å². The number of benzene rings is 1. The second kappa shape index (κ2) is 5.33. The lowest BCUT2D eigenvalue weighted by molar-refractivity contribution is 0.0924. The first-order chi connectivity index (χ1) is 10.1. The van der Waals surface area contributed by atoms with Crippen molar-refractivity contribution >= 4 is 28.2 Å². The summed E-state index contributed by atoms with van der Waals surface area (Å²) in [5.41, 5.74) is 0.788. The summed E-state index contributed by atoms with van der Waals surface area (Å²) in [5, 5.41) is 3.44. The summed E-state index contributed by atoms with van der Waals surface area (Å²) < 4.78 is 19.1. The molecule has 0 saturated heterocycles. The molecule has 0 unspecified atom stereocenters. The molecule has 0 fully saturated rings. The van der Waals surface area contributed by atoms with E-state index in [1.165, 1.54) is 10.9 Å². The molecule has 0 saturated carbocycles. The number of amides is 1. The van der Waals surface area contributed by atoms with E-state index in [2.05, 4.69) is 5.32 Å². The van der Waals surface area contributed by atoms with Crippen LogP contribution in [0.4, 0.5) is 4.39 Å². The summed E-state index contributed by atoms with van der Waals surface area (Å²) in [6, 6.07) is 8.66. The van der Waals surface area contributed by atoms with Gasteiger partial charge in [0.2, 0.25) is 0 Å². The topological polar surface area (TPSA) is 42.2 Å². The number of halogens is 1. The summed E-state index contributed by atoms with van der Waals surface area (Å²) in [4.78, 5) is 14.5. The van der Waals surface area contributed by atoms with Gasteiger partial charge in [0, 0.05) is 20.7 Å². The van der Waals surface area contributed by atoms with E-state index >= 15 is 0 Å². The maximum absolute atomic E-state index is 13.7. The second-order valence-electron chi connectivity index (χ2n) is 4.87. The molecule has 1 aromatic carbocycles. The minimum absolute atomic E-state index is 0.132. The van der Waals surface area contributed by atoms with Gasteiger partial charge in [-0.15, -0.1) is 11.3 Å². The van der Waals surface area contributed by atoms with Gasteiger partial charge in [-0.3, -0.25) is 4.79 Å². The Bertz CT molecular complexity index is 819. The van der Waals surface area contributed by atoms with Crippen molar-refractivity contribution in [1.29, 1.82) is 0 Å². The van der Waals surface area contributed by atoms with Crippen molar-refractivity contribution in [1.82, 2.24) is 5.32 Å². The second-order valence-corrected chi connectivity index (χ2v) is 6.24. The van der Waals surface area contributed by atoms with Gasteiger partial charge in [-0.1, -0.05) is 12.1 Å². The highest BCUT2D eigenvalue weighted by molar-refractivity contribution is 7.11. The fourth-order valence-corrected chi connectivity index (χ4v) is 3.08. The zero-order valence-corrected chi connectivity index (χ0v) is 12.5. The van der Waals surface area contributed by atoms with Crippen LogP contribution in [0.3, 0.4) is 0 Å². The number of thiophene rings is 1. The van der Waals surface area contributed by atoms with E-state index in [-0.39, 0.29) is 17.3 Å². The van der Waals surface area contributed by atoms with Crippen molar-refractivity contribution in [2.75, 3.05) is 0 Å². The van der Waals surface area contributed by atoms with Crippen LogP contribution in [0.25, 0.3) is 11.0 Å². The Labute approximate surface area is 125 Å². The highest BCUT2D eigenvalue weighted by Crippen LogP contribution is 2.27. The zero-order valence-electron chi connectivity index (χ0n) is 11.7. The van der Waals surface area contributed by atoms with E-state index in [0.717, 1.165) is 4.88 Å². The number of para-hydroxylation sites is 1. The third kappa shape index (κ3) is 2.56. The zero-order chi connectivity index (χ0) is 15.0. The Morgan fingerprint density at radius 3 is 2.76 bits per heavy atom. The lowest BCUT2D eigenvalue weighted by Gasteiger charge is -2.01. The Kier molecular flexibility index (Phi) is 3.51. The number of nitrogens with one attached hydrogen (secondary N) is 1. The number of hydrogen-bond acceptors (Lipinski definition) is 3. The lowest BCUT2D eigenvalue weighted by atomic mass is 10.1. The first-order valence-corrected chi connectivity index (χ1v) is 7.39. The van der Waals surface area contributed by atoms with Crippen LogP contribution in [0.2, 0.25) is 0 Å². The molecule has 3 nitrogen and oxygen atoms in total. The molecule has 0 spiro atoms. The van der Waals surface area contributed by atoms with Crippen molar-refractivity contribution in [3.8, 4) is 0 Å². The number of fused-ring (bicyclic) bond motifs is 1. The molecule has 1 amide bonds. The molecular formula is C16H14FNO2S. The normalized spacial score (nSPS) is 11.0. The average molecular weight is 303 g/mol. The van der Waals surface area contributed by atoms with Gasteiger partial charge in [0.1, 0.15) is 0 Å². The van der Waals surface area contributed by atoms with Crippen LogP contribution >= 0.6 is 11.3 Å². The summed E-state index contributed by atoms with van der Waals surface area (Å²) >= 11 is 1.63. The Balaban J connectivity index is 1.84. The number of aryl methyl sites for hydroxylation is 2. The van der Waals surface area contributed by atoms with Crippen LogP contribution in [0.5, 0.6) is 0 Å². The molecular weight excluding hydrogens is 289 g/mol. The van der Waals surface area contributed by atoms with Crippen LogP contribution in [0.15, 0.2) is 34.7 Å². The van der Waals surface area contributed by atoms with Crippen molar-refractivity contribution in [3.05, 3.63) is 57.2 Å². The molecule has 0 atom stereocenters. The van der Waals surface area contributed by atoms with E-state index < -0.39 is 5.82 Å². The van der Waals surface area contributed by atoms with Gasteiger partial charge in [-0.25, -0.2) is 4.39 Å². The molecule has 0 aliphatic carbocycles. The molecule has 21 heavy (non-hydrogen) atoms. The number of furan rings is 1. The number of carbonyl (C=O) groups is 1. The SMILES string of the molecule is Cc1ccc(CNC(=O)c2oc3c(F)cccc3c2C)s1. The molecule has 2 heterocycles. The van der Waals surface area contributed by atoms with Crippen molar-refractivity contribution in [2.45, 2.75) is 20.4 Å². The molecule has 0 aliphatic rings. The van der Waals surface area contributed by atoms with E-state index in [1.807, 2.05) is 19.1 Å². The first-order valence-electron chi connectivity index (χ1n) is 6.57. The molecule has 5 heteroatoms. The van der Waals surface area contributed by atoms with Crippen LogP contribution in [-0.4, -0.2) is 5.91 Å². The Morgan fingerprint density at radius 1 is 1.29 bits per heavy atom. The first kappa shape index (κ1) is 13.8. The molecule has 108 valence electrons. The fourth-order valence-electron chi connectivity index (χ4n) is 2.25. The molecule has 1 N–H and O–H groups in total. The third-order valence-electron chi connectivity index (χ3n) is 3.34. The van der Waals surface area contributed by atoms with Gasteiger partial charge in [0.15, 0.2) is 17.2 Å². The predicted octanol–water partition coefficient (Wildman–Crippen LogP) is 4.18. The molecule has 2 aromatic heterocycles. The molecule has 3 aromatic rings. The maximum Gasteiger partial charge on any atom is 0.287 e. The van der Waals surface area contributed by atoms with Gasteiger partial charge >= 0.3 is 0 Å². The summed E-state index contributed by atoms with van der Waals surface area (Å²) in [6.45, 7) is 4.22. The van der Waals surface area contributed by atoms with E-state index in [1.54, 1.807) is 30.4 Å². The summed E-state index contributed by atoms with van der Waals surface area (Å²) in [6.07, 6.45) is 0. The van der Waals surface area contributed by atoms with Gasteiger partial charge in [-0.2, -0.15) is 0 Å². The quantitative estimate of drug-likeness (QED) is 0.788. The van der Waals surface area contributed by atoms with Gasteiger partial charge < -0.3 is 9.73 Å². The Morgan fingerprint density at radius 2 is 2.10 bits per heavy atom. The predicted molar refractivity (Wildman–Crippen MR) is 81.1 cm³/mol. The monoisotopic (exact) mass is 303 g/mol. The van der Waals surface area contributed by atoms with Crippen LogP contribution in [0, 0.1) is 19.7 Å². The summed E-state index contributed by atoms with van der Waals surface area (Å²) in [5.74, 6) is -0.610. The van der Waals surface area contributed by atoms with E-state index in [0.29, 0.717) is 17.5 Å². The Hall–Kier alpha value is -2.14. The largest absolute Gasteiger partial charge is 0.448 e. The van der Waals surface area contributed by atoms with Gasteiger partial charge in [-0.05, 0) is 32.0 Å². The molecule has 0 radical (unpaired) electrons. The molecule has 3 rings (SSSR count). The van der Waals surface area contributed by atoms with Crippen LogP contribution < -0.4 is 5.32 Å². The van der Waals surface area contributed by atoms with E-state index in [9.17, 15) is 9.18 Å². The van der Waals surface area contributed by atoms with Crippen molar-refractivity contribution in [3.63, 3.8) is 0 Å². The molecule has 0 bridgehead atoms. The molecule has 0 aliphatic heterocycles. The number of hydrogen-bond donors (Lipinski definition) is 1. The minimum atomic E-state index is -0.455.